The Bertz CT molecular complexity index is 745. The van der Waals surface area contributed by atoms with Crippen molar-refractivity contribution in [2.75, 3.05) is 11.6 Å². The van der Waals surface area contributed by atoms with E-state index in [0.717, 1.165) is 5.69 Å². The molecule has 21 heavy (non-hydrogen) atoms. The number of anilines is 1. The van der Waals surface area contributed by atoms with Crippen LogP contribution in [0.25, 0.3) is 0 Å². The van der Waals surface area contributed by atoms with Crippen LogP contribution in [0.2, 0.25) is 0 Å². The predicted molar refractivity (Wildman–Crippen MR) is 78.7 cm³/mol. The number of carbonyl (C=O) groups excluding carboxylic acids is 1. The topological polar surface area (TPSA) is 104 Å². The number of aryl methyl sites for hydroxylation is 1. The Morgan fingerprint density at radius 3 is 2.86 bits per heavy atom. The zero-order valence-electron chi connectivity index (χ0n) is 11.9. The molecule has 1 aliphatic heterocycles. The van der Waals surface area contributed by atoms with Gasteiger partial charge in [-0.3, -0.25) is 9.48 Å². The molecule has 2 aromatic heterocycles. The molecule has 0 saturated carbocycles. The molecule has 0 aromatic carbocycles. The minimum absolute atomic E-state index is 0.431. The van der Waals surface area contributed by atoms with Crippen molar-refractivity contribution < 1.29 is 4.79 Å². The summed E-state index contributed by atoms with van der Waals surface area (Å²) in [5, 5.41) is 12.3. The van der Waals surface area contributed by atoms with Crippen LogP contribution in [0.3, 0.4) is 0 Å². The lowest BCUT2D eigenvalue weighted by Gasteiger charge is -2.27. The highest BCUT2D eigenvalue weighted by atomic mass is 32.2. The Morgan fingerprint density at radius 1 is 1.52 bits per heavy atom. The number of allylic oxidation sites excluding steroid dienone is 1. The molecule has 3 N–H and O–H groups in total. The van der Waals surface area contributed by atoms with Crippen molar-refractivity contribution >= 4 is 23.6 Å². The second-order valence-corrected chi connectivity index (χ2v) is 5.45. The summed E-state index contributed by atoms with van der Waals surface area (Å²) < 4.78 is 3.38. The molecule has 9 heteroatoms. The van der Waals surface area contributed by atoms with Gasteiger partial charge in [0.2, 0.25) is 17.0 Å². The zero-order valence-corrected chi connectivity index (χ0v) is 12.7. The van der Waals surface area contributed by atoms with Crippen LogP contribution in [0, 0.1) is 0 Å². The van der Waals surface area contributed by atoms with Crippen molar-refractivity contribution in [1.82, 2.24) is 24.5 Å². The van der Waals surface area contributed by atoms with Gasteiger partial charge in [0, 0.05) is 18.9 Å². The molecule has 2 aromatic rings. The maximum absolute atomic E-state index is 11.9. The van der Waals surface area contributed by atoms with Gasteiger partial charge >= 0.3 is 0 Å². The molecule has 110 valence electrons. The molecule has 8 nitrogen and oxygen atoms in total. The van der Waals surface area contributed by atoms with Crippen LogP contribution in [0.4, 0.5) is 5.95 Å². The van der Waals surface area contributed by atoms with Crippen molar-refractivity contribution in [2.24, 2.45) is 12.8 Å². The average Bonchev–Trinajstić information content (AvgIpc) is 3.02. The minimum Gasteiger partial charge on any atom is -0.366 e. The standard InChI is InChI=1S/C12H15N7OS/c1-6-8(10(13)20)9(7-4-5-14-18(7)2)19-11(15-6)16-12(17-19)21-3/h4-5,9H,1-3H3,(H2,13,20)(H,15,16,17). The fourth-order valence-corrected chi connectivity index (χ4v) is 2.81. The molecule has 0 fully saturated rings. The summed E-state index contributed by atoms with van der Waals surface area (Å²) in [5.74, 6) is 0.103. The summed E-state index contributed by atoms with van der Waals surface area (Å²) in [6.45, 7) is 1.81. The van der Waals surface area contributed by atoms with Crippen LogP contribution in [0.1, 0.15) is 18.7 Å². The molecule has 1 amide bonds. The number of amides is 1. The molecule has 0 aliphatic carbocycles. The number of fused-ring (bicyclic) bond motifs is 1. The monoisotopic (exact) mass is 305 g/mol. The summed E-state index contributed by atoms with van der Waals surface area (Å²) in [4.78, 5) is 16.3. The average molecular weight is 305 g/mol. The Hall–Kier alpha value is -2.29. The van der Waals surface area contributed by atoms with Crippen LogP contribution in [-0.4, -0.2) is 36.7 Å². The maximum Gasteiger partial charge on any atom is 0.248 e. The number of nitrogens with two attached hydrogens (primary N) is 1. The van der Waals surface area contributed by atoms with Crippen LogP contribution < -0.4 is 11.1 Å². The largest absolute Gasteiger partial charge is 0.366 e. The fourth-order valence-electron chi connectivity index (χ4n) is 2.46. The first-order valence-corrected chi connectivity index (χ1v) is 7.51. The van der Waals surface area contributed by atoms with E-state index in [1.54, 1.807) is 22.5 Å². The third-order valence-corrected chi connectivity index (χ3v) is 3.96. The number of hydrogen-bond donors (Lipinski definition) is 2. The van der Waals surface area contributed by atoms with Gasteiger partial charge in [-0.1, -0.05) is 11.8 Å². The van der Waals surface area contributed by atoms with Crippen LogP contribution in [0.5, 0.6) is 0 Å². The molecule has 1 atom stereocenters. The summed E-state index contributed by atoms with van der Waals surface area (Å²) in [7, 11) is 1.82. The van der Waals surface area contributed by atoms with Gasteiger partial charge in [-0.25, -0.2) is 4.68 Å². The highest BCUT2D eigenvalue weighted by molar-refractivity contribution is 7.98. The SMILES string of the molecule is CSc1nc2n(n1)C(c1ccnn1C)C(C(N)=O)=C(C)N2. The van der Waals surface area contributed by atoms with E-state index >= 15 is 0 Å². The molecule has 0 bridgehead atoms. The van der Waals surface area contributed by atoms with E-state index in [9.17, 15) is 4.79 Å². The first-order chi connectivity index (χ1) is 10.0. The summed E-state index contributed by atoms with van der Waals surface area (Å²) >= 11 is 1.44. The number of nitrogens with one attached hydrogen (secondary N) is 1. The van der Waals surface area contributed by atoms with Crippen LogP contribution in [0.15, 0.2) is 28.7 Å². The van der Waals surface area contributed by atoms with Gasteiger partial charge in [0.15, 0.2) is 0 Å². The van der Waals surface area contributed by atoms with E-state index in [0.29, 0.717) is 22.4 Å². The van der Waals surface area contributed by atoms with E-state index in [1.807, 2.05) is 19.4 Å². The highest BCUT2D eigenvalue weighted by Crippen LogP contribution is 2.35. The molecule has 0 saturated heterocycles. The summed E-state index contributed by atoms with van der Waals surface area (Å²) in [6, 6.07) is 1.41. The highest BCUT2D eigenvalue weighted by Gasteiger charge is 2.34. The number of rotatable bonds is 3. The Morgan fingerprint density at radius 2 is 2.29 bits per heavy atom. The van der Waals surface area contributed by atoms with Gasteiger partial charge in [-0.05, 0) is 19.2 Å². The zero-order chi connectivity index (χ0) is 15.1. The van der Waals surface area contributed by atoms with E-state index in [2.05, 4.69) is 20.5 Å². The molecular formula is C12H15N7OS. The van der Waals surface area contributed by atoms with Crippen molar-refractivity contribution in [2.45, 2.75) is 18.1 Å². The maximum atomic E-state index is 11.9. The molecule has 3 rings (SSSR count). The van der Waals surface area contributed by atoms with Gasteiger partial charge in [-0.2, -0.15) is 10.1 Å². The van der Waals surface area contributed by atoms with Crippen LogP contribution >= 0.6 is 11.8 Å². The van der Waals surface area contributed by atoms with Crippen molar-refractivity contribution in [1.29, 1.82) is 0 Å². The Labute approximate surface area is 125 Å². The van der Waals surface area contributed by atoms with Gasteiger partial charge in [0.1, 0.15) is 6.04 Å². The number of nitrogens with zero attached hydrogens (tertiary/aromatic N) is 5. The number of primary amides is 1. The van der Waals surface area contributed by atoms with Gasteiger partial charge < -0.3 is 11.1 Å². The summed E-state index contributed by atoms with van der Waals surface area (Å²) in [6.07, 6.45) is 3.58. The smallest absolute Gasteiger partial charge is 0.248 e. The lowest BCUT2D eigenvalue weighted by molar-refractivity contribution is -0.115. The van der Waals surface area contributed by atoms with E-state index < -0.39 is 11.9 Å². The first kappa shape index (κ1) is 13.7. The molecule has 1 unspecified atom stereocenters. The molecule has 3 heterocycles. The van der Waals surface area contributed by atoms with Crippen molar-refractivity contribution in [3.63, 3.8) is 0 Å². The Balaban J connectivity index is 2.23. The molecule has 1 aliphatic rings. The van der Waals surface area contributed by atoms with Gasteiger partial charge in [0.25, 0.3) is 0 Å². The van der Waals surface area contributed by atoms with E-state index in [-0.39, 0.29) is 0 Å². The number of thioether (sulfide) groups is 1. The number of hydrogen-bond acceptors (Lipinski definition) is 6. The quantitative estimate of drug-likeness (QED) is 0.801. The summed E-state index contributed by atoms with van der Waals surface area (Å²) in [5.41, 5.74) is 7.53. The predicted octanol–water partition coefficient (Wildman–Crippen LogP) is 0.508. The third-order valence-electron chi connectivity index (χ3n) is 3.42. The molecule has 0 radical (unpaired) electrons. The van der Waals surface area contributed by atoms with Crippen molar-refractivity contribution in [3.05, 3.63) is 29.2 Å². The Kier molecular flexibility index (Phi) is 3.20. The molecule has 0 spiro atoms. The van der Waals surface area contributed by atoms with Crippen molar-refractivity contribution in [3.8, 4) is 0 Å². The third kappa shape index (κ3) is 2.09. The number of aromatic nitrogens is 5. The molecular weight excluding hydrogens is 290 g/mol. The minimum atomic E-state index is -0.488. The van der Waals surface area contributed by atoms with E-state index in [1.165, 1.54) is 11.8 Å². The second kappa shape index (κ2) is 4.92. The van der Waals surface area contributed by atoms with E-state index in [4.69, 9.17) is 5.73 Å². The van der Waals surface area contributed by atoms with Gasteiger partial charge in [-0.15, -0.1) is 5.10 Å². The second-order valence-electron chi connectivity index (χ2n) is 4.68. The lowest BCUT2D eigenvalue weighted by Crippen LogP contribution is -2.32. The number of carbonyl (C=O) groups is 1. The van der Waals surface area contributed by atoms with Crippen LogP contribution in [-0.2, 0) is 11.8 Å². The van der Waals surface area contributed by atoms with Gasteiger partial charge in [0.05, 0.1) is 11.3 Å². The normalized spacial score (nSPS) is 17.6. The lowest BCUT2D eigenvalue weighted by atomic mass is 10.00. The fraction of sp³-hybridized carbons (Fsp3) is 0.333. The first-order valence-electron chi connectivity index (χ1n) is 6.29.